The average molecular weight is 312 g/mol. The van der Waals surface area contributed by atoms with Crippen molar-refractivity contribution in [2.45, 2.75) is 19.4 Å². The minimum atomic E-state index is -0.847. The minimum absolute atomic E-state index is 0.0315. The van der Waals surface area contributed by atoms with E-state index in [1.54, 1.807) is 4.90 Å². The number of carboxylic acid groups (broad SMARTS) is 1. The molecule has 1 atom stereocenters. The number of carbonyl (C=O) groups excluding carboxylic acids is 1. The summed E-state index contributed by atoms with van der Waals surface area (Å²) in [4.78, 5) is 24.6. The fourth-order valence-electron chi connectivity index (χ4n) is 2.57. The molecule has 1 fully saturated rings. The molecule has 0 bridgehead atoms. The molecule has 1 aliphatic heterocycles. The van der Waals surface area contributed by atoms with Crippen molar-refractivity contribution in [1.29, 1.82) is 0 Å². The monoisotopic (exact) mass is 312 g/mol. The van der Waals surface area contributed by atoms with Crippen molar-refractivity contribution in [2.75, 3.05) is 19.6 Å². The number of hydrogen-bond acceptors (Lipinski definition) is 3. The zero-order valence-electron chi connectivity index (χ0n) is 12.0. The van der Waals surface area contributed by atoms with Crippen LogP contribution in [0.25, 0.3) is 0 Å². The number of aliphatic carboxylic acids is 1. The van der Waals surface area contributed by atoms with Crippen LogP contribution in [0.1, 0.15) is 18.4 Å². The maximum atomic E-state index is 13.0. The Bertz CT molecular complexity index is 545. The Balaban J connectivity index is 1.81. The number of carboxylic acids is 1. The summed E-state index contributed by atoms with van der Waals surface area (Å²) >= 11 is 0. The molecular formula is C15H18F2N2O3. The van der Waals surface area contributed by atoms with Crippen molar-refractivity contribution >= 4 is 11.9 Å². The highest BCUT2D eigenvalue weighted by molar-refractivity contribution is 5.78. The Kier molecular flexibility index (Phi) is 5.43. The highest BCUT2D eigenvalue weighted by Crippen LogP contribution is 2.16. The van der Waals surface area contributed by atoms with Gasteiger partial charge < -0.3 is 10.4 Å². The Hall–Kier alpha value is -2.02. The van der Waals surface area contributed by atoms with Gasteiger partial charge in [0.2, 0.25) is 5.91 Å². The highest BCUT2D eigenvalue weighted by atomic mass is 19.1. The molecule has 2 N–H and O–H groups in total. The van der Waals surface area contributed by atoms with Gasteiger partial charge in [-0.15, -0.1) is 0 Å². The number of piperidine rings is 1. The van der Waals surface area contributed by atoms with Gasteiger partial charge in [-0.3, -0.25) is 14.5 Å². The van der Waals surface area contributed by atoms with Gasteiger partial charge in [-0.2, -0.15) is 0 Å². The van der Waals surface area contributed by atoms with E-state index >= 15 is 0 Å². The van der Waals surface area contributed by atoms with E-state index in [1.807, 2.05) is 0 Å². The molecule has 0 aromatic heterocycles. The third kappa shape index (κ3) is 4.77. The largest absolute Gasteiger partial charge is 0.481 e. The normalized spacial score (nSPS) is 18.9. The van der Waals surface area contributed by atoms with Gasteiger partial charge in [0.1, 0.15) is 11.6 Å². The second-order valence-corrected chi connectivity index (χ2v) is 5.47. The zero-order valence-corrected chi connectivity index (χ0v) is 12.0. The molecule has 0 saturated carbocycles. The second kappa shape index (κ2) is 7.31. The third-order valence-corrected chi connectivity index (χ3v) is 3.63. The standard InChI is InChI=1S/C15H18F2N2O3/c16-12-4-10(5-13(17)6-12)7-18-14(20)9-19-3-1-2-11(8-19)15(21)22/h4-6,11H,1-3,7-9H2,(H,18,20)(H,21,22). The van der Waals surface area contributed by atoms with E-state index in [0.29, 0.717) is 25.1 Å². The minimum Gasteiger partial charge on any atom is -0.481 e. The quantitative estimate of drug-likeness (QED) is 0.862. The molecule has 1 saturated heterocycles. The molecule has 1 aliphatic rings. The van der Waals surface area contributed by atoms with Crippen LogP contribution in [0.4, 0.5) is 8.78 Å². The molecule has 7 heteroatoms. The van der Waals surface area contributed by atoms with E-state index in [-0.39, 0.29) is 19.0 Å². The summed E-state index contributed by atoms with van der Waals surface area (Å²) < 4.78 is 26.1. The van der Waals surface area contributed by atoms with Gasteiger partial charge in [0.15, 0.2) is 0 Å². The number of nitrogens with one attached hydrogen (secondary N) is 1. The summed E-state index contributed by atoms with van der Waals surface area (Å²) in [6, 6.07) is 3.08. The first-order valence-electron chi connectivity index (χ1n) is 7.11. The molecule has 1 aromatic carbocycles. The van der Waals surface area contributed by atoms with Crippen molar-refractivity contribution in [3.05, 3.63) is 35.4 Å². The summed E-state index contributed by atoms with van der Waals surface area (Å²) in [7, 11) is 0. The average Bonchev–Trinajstić information content (AvgIpc) is 2.44. The van der Waals surface area contributed by atoms with Gasteiger partial charge in [0.25, 0.3) is 0 Å². The molecule has 1 aromatic rings. The topological polar surface area (TPSA) is 69.6 Å². The van der Waals surface area contributed by atoms with Gasteiger partial charge in [0.05, 0.1) is 12.5 Å². The van der Waals surface area contributed by atoms with Crippen LogP contribution in [0.3, 0.4) is 0 Å². The van der Waals surface area contributed by atoms with E-state index in [9.17, 15) is 18.4 Å². The van der Waals surface area contributed by atoms with Crippen molar-refractivity contribution in [3.63, 3.8) is 0 Å². The maximum Gasteiger partial charge on any atom is 0.307 e. The Morgan fingerprint density at radius 2 is 1.95 bits per heavy atom. The SMILES string of the molecule is O=C(CN1CCCC(C(=O)O)C1)NCc1cc(F)cc(F)c1. The Morgan fingerprint density at radius 3 is 2.59 bits per heavy atom. The Labute approximate surface area is 126 Å². The Morgan fingerprint density at radius 1 is 1.27 bits per heavy atom. The van der Waals surface area contributed by atoms with Gasteiger partial charge in [-0.1, -0.05) is 0 Å². The van der Waals surface area contributed by atoms with Crippen LogP contribution in [-0.4, -0.2) is 41.5 Å². The third-order valence-electron chi connectivity index (χ3n) is 3.63. The first kappa shape index (κ1) is 16.4. The van der Waals surface area contributed by atoms with Crippen LogP contribution in [0.5, 0.6) is 0 Å². The van der Waals surface area contributed by atoms with Crippen molar-refractivity contribution < 1.29 is 23.5 Å². The smallest absolute Gasteiger partial charge is 0.307 e. The van der Waals surface area contributed by atoms with Crippen LogP contribution >= 0.6 is 0 Å². The lowest BCUT2D eigenvalue weighted by Gasteiger charge is -2.29. The number of benzene rings is 1. The summed E-state index contributed by atoms with van der Waals surface area (Å²) in [5, 5.41) is 11.6. The molecule has 2 rings (SSSR count). The first-order chi connectivity index (χ1) is 10.4. The van der Waals surface area contributed by atoms with Crippen LogP contribution in [0, 0.1) is 17.6 Å². The van der Waals surface area contributed by atoms with E-state index in [1.165, 1.54) is 0 Å². The summed E-state index contributed by atoms with van der Waals surface area (Å²) in [5.41, 5.74) is 0.341. The predicted molar refractivity (Wildman–Crippen MR) is 75.0 cm³/mol. The molecule has 0 aliphatic carbocycles. The molecule has 1 heterocycles. The van der Waals surface area contributed by atoms with E-state index in [2.05, 4.69) is 5.32 Å². The summed E-state index contributed by atoms with van der Waals surface area (Å²) in [6.45, 7) is 1.13. The number of halogens is 2. The molecule has 0 radical (unpaired) electrons. The van der Waals surface area contributed by atoms with Gasteiger partial charge >= 0.3 is 5.97 Å². The van der Waals surface area contributed by atoms with Crippen LogP contribution < -0.4 is 5.32 Å². The zero-order chi connectivity index (χ0) is 16.1. The first-order valence-corrected chi connectivity index (χ1v) is 7.11. The molecule has 22 heavy (non-hydrogen) atoms. The summed E-state index contributed by atoms with van der Waals surface area (Å²) in [5.74, 6) is -2.97. The number of carbonyl (C=O) groups is 2. The molecule has 5 nitrogen and oxygen atoms in total. The number of likely N-dealkylation sites (tertiary alicyclic amines) is 1. The van der Waals surface area contributed by atoms with Crippen molar-refractivity contribution in [1.82, 2.24) is 10.2 Å². The van der Waals surface area contributed by atoms with Crippen LogP contribution in [0.15, 0.2) is 18.2 Å². The fraction of sp³-hybridized carbons (Fsp3) is 0.467. The maximum absolute atomic E-state index is 13.0. The van der Waals surface area contributed by atoms with Gasteiger partial charge in [-0.05, 0) is 37.1 Å². The number of amides is 1. The molecule has 120 valence electrons. The van der Waals surface area contributed by atoms with Gasteiger partial charge in [0, 0.05) is 19.2 Å². The highest BCUT2D eigenvalue weighted by Gasteiger charge is 2.26. The molecule has 1 amide bonds. The van der Waals surface area contributed by atoms with Crippen LogP contribution in [-0.2, 0) is 16.1 Å². The lowest BCUT2D eigenvalue weighted by atomic mass is 9.98. The second-order valence-electron chi connectivity index (χ2n) is 5.47. The van der Waals surface area contributed by atoms with Crippen LogP contribution in [0.2, 0.25) is 0 Å². The molecule has 1 unspecified atom stereocenters. The van der Waals surface area contributed by atoms with E-state index < -0.39 is 23.5 Å². The van der Waals surface area contributed by atoms with E-state index in [0.717, 1.165) is 24.6 Å². The molecule has 0 spiro atoms. The van der Waals surface area contributed by atoms with Crippen molar-refractivity contribution in [3.8, 4) is 0 Å². The van der Waals surface area contributed by atoms with Crippen molar-refractivity contribution in [2.24, 2.45) is 5.92 Å². The lowest BCUT2D eigenvalue weighted by Crippen LogP contribution is -2.44. The number of rotatable bonds is 5. The predicted octanol–water partition coefficient (Wildman–Crippen LogP) is 1.38. The number of nitrogens with zero attached hydrogens (tertiary/aromatic N) is 1. The summed E-state index contributed by atoms with van der Waals surface area (Å²) in [6.07, 6.45) is 1.36. The lowest BCUT2D eigenvalue weighted by molar-refractivity contribution is -0.144. The van der Waals surface area contributed by atoms with Gasteiger partial charge in [-0.25, -0.2) is 8.78 Å². The fourth-order valence-corrected chi connectivity index (χ4v) is 2.57. The molecular weight excluding hydrogens is 294 g/mol. The number of hydrogen-bond donors (Lipinski definition) is 2. The van der Waals surface area contributed by atoms with E-state index in [4.69, 9.17) is 5.11 Å².